The lowest BCUT2D eigenvalue weighted by molar-refractivity contribution is 0.252. The second-order valence-corrected chi connectivity index (χ2v) is 10.5. The molecule has 0 aliphatic carbocycles. The van der Waals surface area contributed by atoms with E-state index in [9.17, 15) is 0 Å². The highest BCUT2D eigenvalue weighted by Gasteiger charge is 2.16. The summed E-state index contributed by atoms with van der Waals surface area (Å²) in [6.07, 6.45) is 10.5. The Morgan fingerprint density at radius 3 is 2.22 bits per heavy atom. The van der Waals surface area contributed by atoms with Crippen molar-refractivity contribution in [3.63, 3.8) is 0 Å². The zero-order chi connectivity index (χ0) is 25.2. The molecule has 5 nitrogen and oxygen atoms in total. The fourth-order valence-electron chi connectivity index (χ4n) is 4.94. The molecule has 0 radical (unpaired) electrons. The van der Waals surface area contributed by atoms with E-state index < -0.39 is 0 Å². The molecule has 0 saturated carbocycles. The van der Waals surface area contributed by atoms with Crippen LogP contribution >= 0.6 is 0 Å². The van der Waals surface area contributed by atoms with Gasteiger partial charge in [0.15, 0.2) is 5.82 Å². The summed E-state index contributed by atoms with van der Waals surface area (Å²) in [6.45, 7) is 13.4. The monoisotopic (exact) mass is 485 g/mol. The molecule has 1 aliphatic rings. The number of benzene rings is 1. The van der Waals surface area contributed by atoms with E-state index in [0.29, 0.717) is 5.92 Å². The molecule has 0 atom stereocenters. The molecule has 36 heavy (non-hydrogen) atoms. The van der Waals surface area contributed by atoms with E-state index in [1.165, 1.54) is 49.0 Å². The Bertz CT molecular complexity index is 1050. The molecule has 0 amide bonds. The van der Waals surface area contributed by atoms with Crippen LogP contribution in [0, 0.1) is 0 Å². The second-order valence-electron chi connectivity index (χ2n) is 10.5. The maximum atomic E-state index is 4.95. The van der Waals surface area contributed by atoms with Crippen LogP contribution < -0.4 is 0 Å². The van der Waals surface area contributed by atoms with Crippen LogP contribution in [0.3, 0.4) is 0 Å². The Morgan fingerprint density at radius 1 is 0.806 bits per heavy atom. The van der Waals surface area contributed by atoms with Gasteiger partial charge in [0.2, 0.25) is 0 Å². The maximum Gasteiger partial charge on any atom is 0.159 e. The van der Waals surface area contributed by atoms with Gasteiger partial charge in [-0.25, -0.2) is 9.97 Å². The smallest absolute Gasteiger partial charge is 0.159 e. The standard InChI is InChI=1S/C31H43N5/c1-4-5-6-8-29-23-30(34-31(33-29)28-13-16-32-17-14-28)15-20-35-18-7-19-36(22-21-35)24-26-9-11-27(12-10-26)25(2)3/h9-14,16-17,23,25H,4-8,15,18-22,24H2,1-3H3. The Hall–Kier alpha value is -2.63. The molecule has 3 aromatic rings. The summed E-state index contributed by atoms with van der Waals surface area (Å²) in [5, 5.41) is 0. The van der Waals surface area contributed by atoms with Crippen LogP contribution in [0.1, 0.15) is 74.9 Å². The van der Waals surface area contributed by atoms with E-state index in [0.717, 1.165) is 62.6 Å². The zero-order valence-corrected chi connectivity index (χ0v) is 22.5. The van der Waals surface area contributed by atoms with Crippen molar-refractivity contribution in [3.8, 4) is 11.4 Å². The Kier molecular flexibility index (Phi) is 10.00. The van der Waals surface area contributed by atoms with Crippen molar-refractivity contribution in [2.75, 3.05) is 32.7 Å². The van der Waals surface area contributed by atoms with Crippen LogP contribution in [0.2, 0.25) is 0 Å². The van der Waals surface area contributed by atoms with Gasteiger partial charge >= 0.3 is 0 Å². The summed E-state index contributed by atoms with van der Waals surface area (Å²) in [6, 6.07) is 15.5. The summed E-state index contributed by atoms with van der Waals surface area (Å²) < 4.78 is 0. The number of nitrogens with zero attached hydrogens (tertiary/aromatic N) is 5. The SMILES string of the molecule is CCCCCc1cc(CCN2CCCN(Cc3ccc(C(C)C)cc3)CC2)nc(-c2ccncc2)n1. The predicted molar refractivity (Wildman–Crippen MR) is 149 cm³/mol. The third kappa shape index (κ3) is 7.94. The molecule has 1 aromatic carbocycles. The number of rotatable bonds is 11. The first-order chi connectivity index (χ1) is 17.6. The van der Waals surface area contributed by atoms with Gasteiger partial charge in [0.1, 0.15) is 0 Å². The summed E-state index contributed by atoms with van der Waals surface area (Å²) in [5.41, 5.74) is 6.23. The van der Waals surface area contributed by atoms with Crippen molar-refractivity contribution < 1.29 is 0 Å². The van der Waals surface area contributed by atoms with Crippen LogP contribution in [0.15, 0.2) is 54.9 Å². The van der Waals surface area contributed by atoms with Gasteiger partial charge in [0, 0.05) is 61.9 Å². The third-order valence-corrected chi connectivity index (χ3v) is 7.23. The highest BCUT2D eigenvalue weighted by molar-refractivity contribution is 5.54. The minimum Gasteiger partial charge on any atom is -0.302 e. The molecule has 1 aliphatic heterocycles. The third-order valence-electron chi connectivity index (χ3n) is 7.23. The van der Waals surface area contributed by atoms with E-state index in [4.69, 9.17) is 9.97 Å². The van der Waals surface area contributed by atoms with Crippen LogP contribution in [0.25, 0.3) is 11.4 Å². The molecule has 0 unspecified atom stereocenters. The highest BCUT2D eigenvalue weighted by Crippen LogP contribution is 2.18. The van der Waals surface area contributed by atoms with Gasteiger partial charge in [-0.15, -0.1) is 0 Å². The first-order valence-electron chi connectivity index (χ1n) is 13.9. The lowest BCUT2D eigenvalue weighted by Crippen LogP contribution is -2.32. The first-order valence-corrected chi connectivity index (χ1v) is 13.9. The molecule has 4 rings (SSSR count). The molecule has 0 bridgehead atoms. The van der Waals surface area contributed by atoms with Gasteiger partial charge in [0.05, 0.1) is 0 Å². The minimum atomic E-state index is 0.592. The fourth-order valence-corrected chi connectivity index (χ4v) is 4.94. The van der Waals surface area contributed by atoms with Gasteiger partial charge in [-0.2, -0.15) is 0 Å². The highest BCUT2D eigenvalue weighted by atomic mass is 15.2. The van der Waals surface area contributed by atoms with Crippen molar-refractivity contribution in [1.82, 2.24) is 24.8 Å². The largest absolute Gasteiger partial charge is 0.302 e. The Morgan fingerprint density at radius 2 is 1.50 bits per heavy atom. The lowest BCUT2D eigenvalue weighted by atomic mass is 10.0. The van der Waals surface area contributed by atoms with Crippen molar-refractivity contribution >= 4 is 0 Å². The van der Waals surface area contributed by atoms with E-state index in [1.54, 1.807) is 0 Å². The zero-order valence-electron chi connectivity index (χ0n) is 22.5. The molecule has 0 spiro atoms. The fraction of sp³-hybridized carbons (Fsp3) is 0.516. The van der Waals surface area contributed by atoms with Gasteiger partial charge in [0.25, 0.3) is 0 Å². The van der Waals surface area contributed by atoms with E-state index in [2.05, 4.69) is 65.9 Å². The second kappa shape index (κ2) is 13.6. The topological polar surface area (TPSA) is 45.2 Å². The van der Waals surface area contributed by atoms with Crippen LogP contribution in [-0.4, -0.2) is 57.5 Å². The summed E-state index contributed by atoms with van der Waals surface area (Å²) in [5.74, 6) is 1.43. The van der Waals surface area contributed by atoms with E-state index >= 15 is 0 Å². The quantitative estimate of drug-likeness (QED) is 0.305. The minimum absolute atomic E-state index is 0.592. The number of aromatic nitrogens is 3. The molecule has 0 N–H and O–H groups in total. The van der Waals surface area contributed by atoms with Crippen LogP contribution in [0.4, 0.5) is 0 Å². The van der Waals surface area contributed by atoms with Crippen molar-refractivity contribution in [2.24, 2.45) is 0 Å². The summed E-state index contributed by atoms with van der Waals surface area (Å²) >= 11 is 0. The molecular formula is C31H43N5. The lowest BCUT2D eigenvalue weighted by Gasteiger charge is -2.22. The van der Waals surface area contributed by atoms with Crippen LogP contribution in [0.5, 0.6) is 0 Å². The van der Waals surface area contributed by atoms with Crippen molar-refractivity contribution in [2.45, 2.75) is 71.8 Å². The Balaban J connectivity index is 1.34. The normalized spacial score (nSPS) is 15.3. The molecule has 192 valence electrons. The molecule has 1 saturated heterocycles. The molecule has 3 heterocycles. The van der Waals surface area contributed by atoms with Crippen LogP contribution in [-0.2, 0) is 19.4 Å². The Labute approximate surface area is 218 Å². The predicted octanol–water partition coefficient (Wildman–Crippen LogP) is 6.15. The number of pyridine rings is 1. The summed E-state index contributed by atoms with van der Waals surface area (Å²) in [7, 11) is 0. The van der Waals surface area contributed by atoms with Gasteiger partial charge in [-0.05, 0) is 67.6 Å². The van der Waals surface area contributed by atoms with Gasteiger partial charge in [-0.3, -0.25) is 9.88 Å². The molecule has 2 aromatic heterocycles. The average Bonchev–Trinajstić information content (AvgIpc) is 3.13. The van der Waals surface area contributed by atoms with E-state index in [1.807, 2.05) is 24.5 Å². The molecular weight excluding hydrogens is 442 g/mol. The number of unbranched alkanes of at least 4 members (excludes halogenated alkanes) is 2. The van der Waals surface area contributed by atoms with Crippen molar-refractivity contribution in [3.05, 3.63) is 77.4 Å². The maximum absolute atomic E-state index is 4.95. The summed E-state index contributed by atoms with van der Waals surface area (Å²) in [4.78, 5) is 19.2. The number of hydrogen-bond acceptors (Lipinski definition) is 5. The molecule has 1 fully saturated rings. The van der Waals surface area contributed by atoms with Gasteiger partial charge in [-0.1, -0.05) is 57.9 Å². The average molecular weight is 486 g/mol. The molecule has 5 heteroatoms. The number of hydrogen-bond donors (Lipinski definition) is 0. The number of aryl methyl sites for hydroxylation is 1. The van der Waals surface area contributed by atoms with Crippen molar-refractivity contribution in [1.29, 1.82) is 0 Å². The first kappa shape index (κ1) is 26.4. The van der Waals surface area contributed by atoms with E-state index in [-0.39, 0.29) is 0 Å². The van der Waals surface area contributed by atoms with Gasteiger partial charge < -0.3 is 4.90 Å².